The Morgan fingerprint density at radius 2 is 1.90 bits per heavy atom. The molecule has 0 heterocycles. The molecule has 0 aromatic heterocycles. The number of rotatable bonds is 9. The number of hydrogen-bond donors (Lipinski definition) is 2. The van der Waals surface area contributed by atoms with Gasteiger partial charge in [-0.05, 0) is 31.2 Å². The number of sulfonamides is 1. The summed E-state index contributed by atoms with van der Waals surface area (Å²) < 4.78 is 34.7. The summed E-state index contributed by atoms with van der Waals surface area (Å²) in [5.41, 5.74) is 1.00. The molecule has 1 aromatic rings. The molecule has 0 atom stereocenters. The van der Waals surface area contributed by atoms with Gasteiger partial charge in [-0.1, -0.05) is 0 Å². The standard InChI is InChI=1S/C13H22N2O4S/c1-18-12-5-6-13(19-2)11(9-12)10-14-7-4-8-15-20(3,16)17/h5-6,9,14-15H,4,7-8,10H2,1-3H3. The zero-order chi connectivity index (χ0) is 15.0. The molecule has 0 bridgehead atoms. The van der Waals surface area contributed by atoms with Gasteiger partial charge in [0.2, 0.25) is 10.0 Å². The molecular weight excluding hydrogens is 280 g/mol. The van der Waals surface area contributed by atoms with Gasteiger partial charge >= 0.3 is 0 Å². The lowest BCUT2D eigenvalue weighted by Crippen LogP contribution is -2.26. The van der Waals surface area contributed by atoms with Crippen molar-refractivity contribution in [3.8, 4) is 11.5 Å². The van der Waals surface area contributed by atoms with E-state index in [1.807, 2.05) is 18.2 Å². The molecule has 20 heavy (non-hydrogen) atoms. The molecule has 114 valence electrons. The first-order valence-electron chi connectivity index (χ1n) is 6.32. The van der Waals surface area contributed by atoms with Gasteiger partial charge < -0.3 is 14.8 Å². The molecule has 0 aliphatic heterocycles. The number of benzene rings is 1. The Balaban J connectivity index is 2.37. The molecule has 0 aliphatic rings. The van der Waals surface area contributed by atoms with E-state index in [2.05, 4.69) is 10.0 Å². The molecule has 7 heteroatoms. The summed E-state index contributed by atoms with van der Waals surface area (Å²) in [7, 11) is 0.150. The summed E-state index contributed by atoms with van der Waals surface area (Å²) in [5.74, 6) is 1.58. The van der Waals surface area contributed by atoms with E-state index in [-0.39, 0.29) is 0 Å². The van der Waals surface area contributed by atoms with E-state index >= 15 is 0 Å². The van der Waals surface area contributed by atoms with Crippen molar-refractivity contribution in [1.82, 2.24) is 10.0 Å². The van der Waals surface area contributed by atoms with Crippen LogP contribution in [0, 0.1) is 0 Å². The van der Waals surface area contributed by atoms with Crippen LogP contribution >= 0.6 is 0 Å². The summed E-state index contributed by atoms with van der Waals surface area (Å²) in [6.45, 7) is 1.78. The lowest BCUT2D eigenvalue weighted by Gasteiger charge is -2.11. The second kappa shape index (κ2) is 8.08. The molecule has 1 rings (SSSR count). The molecule has 0 fully saturated rings. The van der Waals surface area contributed by atoms with Crippen LogP contribution in [0.2, 0.25) is 0 Å². The Hall–Kier alpha value is -1.31. The zero-order valence-corrected chi connectivity index (χ0v) is 12.9. The van der Waals surface area contributed by atoms with Crippen LogP contribution in [-0.2, 0) is 16.6 Å². The van der Waals surface area contributed by atoms with Crippen molar-refractivity contribution < 1.29 is 17.9 Å². The van der Waals surface area contributed by atoms with Crippen molar-refractivity contribution in [3.63, 3.8) is 0 Å². The Labute approximate surface area is 120 Å². The largest absolute Gasteiger partial charge is 0.497 e. The topological polar surface area (TPSA) is 76.7 Å². The van der Waals surface area contributed by atoms with Gasteiger partial charge in [0.1, 0.15) is 11.5 Å². The minimum Gasteiger partial charge on any atom is -0.497 e. The van der Waals surface area contributed by atoms with E-state index in [9.17, 15) is 8.42 Å². The predicted octanol–water partition coefficient (Wildman–Crippen LogP) is 0.733. The maximum atomic E-state index is 10.9. The summed E-state index contributed by atoms with van der Waals surface area (Å²) in [4.78, 5) is 0. The maximum Gasteiger partial charge on any atom is 0.208 e. The van der Waals surface area contributed by atoms with Gasteiger partial charge in [-0.3, -0.25) is 0 Å². The average Bonchev–Trinajstić information content (AvgIpc) is 2.41. The summed E-state index contributed by atoms with van der Waals surface area (Å²) >= 11 is 0. The van der Waals surface area contributed by atoms with Gasteiger partial charge in [-0.15, -0.1) is 0 Å². The summed E-state index contributed by atoms with van der Waals surface area (Å²) in [6, 6.07) is 5.63. The molecule has 0 radical (unpaired) electrons. The van der Waals surface area contributed by atoms with Crippen LogP contribution < -0.4 is 19.5 Å². The number of hydrogen-bond acceptors (Lipinski definition) is 5. The third-order valence-electron chi connectivity index (χ3n) is 2.70. The Kier molecular flexibility index (Phi) is 6.77. The first kappa shape index (κ1) is 16.7. The fourth-order valence-electron chi connectivity index (χ4n) is 1.71. The highest BCUT2D eigenvalue weighted by Crippen LogP contribution is 2.23. The number of nitrogens with one attached hydrogen (secondary N) is 2. The second-order valence-corrected chi connectivity index (χ2v) is 6.21. The molecule has 0 saturated carbocycles. The van der Waals surface area contributed by atoms with E-state index in [0.717, 1.165) is 29.7 Å². The minimum atomic E-state index is -3.10. The minimum absolute atomic E-state index is 0.432. The highest BCUT2D eigenvalue weighted by atomic mass is 32.2. The average molecular weight is 302 g/mol. The van der Waals surface area contributed by atoms with E-state index in [4.69, 9.17) is 9.47 Å². The van der Waals surface area contributed by atoms with Crippen LogP contribution in [-0.4, -0.2) is 42.0 Å². The van der Waals surface area contributed by atoms with Crippen LogP contribution in [0.15, 0.2) is 18.2 Å². The highest BCUT2D eigenvalue weighted by molar-refractivity contribution is 7.88. The Bertz CT molecular complexity index is 517. The molecule has 0 spiro atoms. The Morgan fingerprint density at radius 1 is 1.15 bits per heavy atom. The second-order valence-electron chi connectivity index (χ2n) is 4.37. The highest BCUT2D eigenvalue weighted by Gasteiger charge is 2.04. The fourth-order valence-corrected chi connectivity index (χ4v) is 2.23. The molecule has 6 nitrogen and oxygen atoms in total. The molecule has 0 unspecified atom stereocenters. The van der Waals surface area contributed by atoms with Crippen LogP contribution in [0.25, 0.3) is 0 Å². The predicted molar refractivity (Wildman–Crippen MR) is 78.7 cm³/mol. The van der Waals surface area contributed by atoms with Gasteiger partial charge in [0.15, 0.2) is 0 Å². The lowest BCUT2D eigenvalue weighted by molar-refractivity contribution is 0.397. The van der Waals surface area contributed by atoms with Crippen LogP contribution in [0.3, 0.4) is 0 Å². The zero-order valence-electron chi connectivity index (χ0n) is 12.1. The van der Waals surface area contributed by atoms with Gasteiger partial charge in [0.25, 0.3) is 0 Å². The lowest BCUT2D eigenvalue weighted by atomic mass is 10.2. The SMILES string of the molecule is COc1ccc(OC)c(CNCCCNS(C)(=O)=O)c1. The van der Waals surface area contributed by atoms with Crippen molar-refractivity contribution in [2.45, 2.75) is 13.0 Å². The van der Waals surface area contributed by atoms with Crippen molar-refractivity contribution in [1.29, 1.82) is 0 Å². The molecule has 0 amide bonds. The van der Waals surface area contributed by atoms with E-state index in [1.165, 1.54) is 0 Å². The third-order valence-corrected chi connectivity index (χ3v) is 3.43. The molecule has 1 aromatic carbocycles. The number of ether oxygens (including phenoxy) is 2. The van der Waals surface area contributed by atoms with Crippen molar-refractivity contribution in [2.75, 3.05) is 33.6 Å². The molecule has 0 aliphatic carbocycles. The summed E-state index contributed by atoms with van der Waals surface area (Å²) in [5, 5.41) is 3.24. The fraction of sp³-hybridized carbons (Fsp3) is 0.538. The first-order chi connectivity index (χ1) is 9.46. The normalized spacial score (nSPS) is 11.3. The third kappa shape index (κ3) is 6.23. The maximum absolute atomic E-state index is 10.9. The monoisotopic (exact) mass is 302 g/mol. The smallest absolute Gasteiger partial charge is 0.208 e. The molecular formula is C13H22N2O4S. The van der Waals surface area contributed by atoms with Crippen LogP contribution in [0.1, 0.15) is 12.0 Å². The van der Waals surface area contributed by atoms with Crippen molar-refractivity contribution in [3.05, 3.63) is 23.8 Å². The number of methoxy groups -OCH3 is 2. The van der Waals surface area contributed by atoms with E-state index < -0.39 is 10.0 Å². The quantitative estimate of drug-likeness (QED) is 0.658. The van der Waals surface area contributed by atoms with Crippen LogP contribution in [0.4, 0.5) is 0 Å². The van der Waals surface area contributed by atoms with E-state index in [1.54, 1.807) is 14.2 Å². The van der Waals surface area contributed by atoms with Gasteiger partial charge in [0.05, 0.1) is 20.5 Å². The van der Waals surface area contributed by atoms with Gasteiger partial charge in [-0.25, -0.2) is 13.1 Å². The van der Waals surface area contributed by atoms with Crippen molar-refractivity contribution in [2.24, 2.45) is 0 Å². The van der Waals surface area contributed by atoms with Gasteiger partial charge in [0, 0.05) is 18.7 Å². The van der Waals surface area contributed by atoms with Gasteiger partial charge in [-0.2, -0.15) is 0 Å². The summed E-state index contributed by atoms with van der Waals surface area (Å²) in [6.07, 6.45) is 1.88. The first-order valence-corrected chi connectivity index (χ1v) is 8.21. The van der Waals surface area contributed by atoms with E-state index in [0.29, 0.717) is 19.6 Å². The Morgan fingerprint density at radius 3 is 2.50 bits per heavy atom. The van der Waals surface area contributed by atoms with Crippen LogP contribution in [0.5, 0.6) is 11.5 Å². The molecule has 0 saturated heterocycles. The molecule has 2 N–H and O–H groups in total. The van der Waals surface area contributed by atoms with Crippen molar-refractivity contribution >= 4 is 10.0 Å².